The minimum Gasteiger partial charge on any atom is -0.380 e. The van der Waals surface area contributed by atoms with E-state index in [2.05, 4.69) is 12.2 Å². The van der Waals surface area contributed by atoms with Crippen LogP contribution in [-0.4, -0.2) is 68.8 Å². The summed E-state index contributed by atoms with van der Waals surface area (Å²) in [4.78, 5) is 32.1. The first-order chi connectivity index (χ1) is 21.0. The minimum atomic E-state index is -3.69. The Kier molecular flexibility index (Phi) is 11.8. The van der Waals surface area contributed by atoms with Crippen molar-refractivity contribution >= 4 is 39.4 Å². The maximum atomic E-state index is 13.4. The van der Waals surface area contributed by atoms with Crippen molar-refractivity contribution in [2.45, 2.75) is 104 Å². The lowest BCUT2D eigenvalue weighted by Crippen LogP contribution is -2.50. The number of piperidine rings is 1. The summed E-state index contributed by atoms with van der Waals surface area (Å²) in [6, 6.07) is 3.83. The first-order valence-corrected chi connectivity index (χ1v) is 18.1. The number of carbonyl (C=O) groups excluding carboxylic acids is 2. The Morgan fingerprint density at radius 2 is 1.75 bits per heavy atom. The number of ether oxygens (including phenoxy) is 1. The molecule has 2 fully saturated rings. The van der Waals surface area contributed by atoms with Gasteiger partial charge in [-0.05, 0) is 99.6 Å². The molecule has 3 aliphatic rings. The van der Waals surface area contributed by atoms with E-state index in [-0.39, 0.29) is 24.9 Å². The normalized spacial score (nSPS) is 22.4. The van der Waals surface area contributed by atoms with Gasteiger partial charge in [0.2, 0.25) is 15.9 Å². The SMILES string of the molecule is CCCCC1CCC(C2=NC3(CCN(S(=O)(=O)/C=C/c4c(C)cc(N(CCOCCC)C(C)=O)cc4C)CC3)C(=O)N2)CC1. The van der Waals surface area contributed by atoms with Crippen LogP contribution in [0, 0.1) is 25.7 Å². The van der Waals surface area contributed by atoms with Crippen molar-refractivity contribution in [3.63, 3.8) is 0 Å². The van der Waals surface area contributed by atoms with Crippen molar-refractivity contribution in [3.8, 4) is 0 Å². The summed E-state index contributed by atoms with van der Waals surface area (Å²) in [5.74, 6) is 1.77. The summed E-state index contributed by atoms with van der Waals surface area (Å²) in [6.45, 7) is 11.7. The van der Waals surface area contributed by atoms with Gasteiger partial charge < -0.3 is 15.0 Å². The molecule has 1 aromatic rings. The molecule has 0 atom stereocenters. The zero-order valence-electron chi connectivity index (χ0n) is 27.4. The van der Waals surface area contributed by atoms with Crippen LogP contribution in [0.1, 0.15) is 102 Å². The van der Waals surface area contributed by atoms with Crippen LogP contribution in [0.2, 0.25) is 0 Å². The lowest BCUT2D eigenvalue weighted by molar-refractivity contribution is -0.125. The molecule has 9 nitrogen and oxygen atoms in total. The van der Waals surface area contributed by atoms with E-state index in [1.54, 1.807) is 11.0 Å². The van der Waals surface area contributed by atoms with Crippen LogP contribution in [0.5, 0.6) is 0 Å². The molecule has 1 N–H and O–H groups in total. The van der Waals surface area contributed by atoms with Gasteiger partial charge in [0.25, 0.3) is 5.91 Å². The Balaban J connectivity index is 1.38. The van der Waals surface area contributed by atoms with Crippen LogP contribution in [-0.2, 0) is 24.3 Å². The number of amides is 2. The van der Waals surface area contributed by atoms with Crippen LogP contribution >= 0.6 is 0 Å². The third kappa shape index (κ3) is 8.17. The second-order valence-corrected chi connectivity index (χ2v) is 14.7. The molecule has 1 spiro atoms. The van der Waals surface area contributed by atoms with E-state index < -0.39 is 15.6 Å². The van der Waals surface area contributed by atoms with Crippen LogP contribution in [0.15, 0.2) is 22.5 Å². The Hall–Kier alpha value is -2.56. The summed E-state index contributed by atoms with van der Waals surface area (Å²) in [5, 5.41) is 4.35. The number of benzene rings is 1. The van der Waals surface area contributed by atoms with Gasteiger partial charge in [0, 0.05) is 50.2 Å². The molecule has 0 bridgehead atoms. The van der Waals surface area contributed by atoms with E-state index in [9.17, 15) is 18.0 Å². The standard InChI is InChI=1S/C34H52N4O5S/c1-6-8-9-28-10-12-29(13-11-28)32-35-33(40)34(36-32)15-17-37(18-16-34)44(41,42)22-14-31-25(3)23-30(24-26(31)4)38(27(5)39)19-21-43-20-7-2/h14,22-24,28-29H,6-13,15-21H2,1-5H3,(H,35,36,40)/b22-14+. The summed E-state index contributed by atoms with van der Waals surface area (Å²) in [6.07, 6.45) is 11.7. The third-order valence-corrected chi connectivity index (χ3v) is 11.2. The van der Waals surface area contributed by atoms with Gasteiger partial charge >= 0.3 is 0 Å². The molecular formula is C34H52N4O5S. The number of aliphatic imine (C=N–C) groups is 1. The second-order valence-electron chi connectivity index (χ2n) is 12.9. The number of unbranched alkanes of at least 4 members (excludes halogenated alkanes) is 1. The van der Waals surface area contributed by atoms with E-state index >= 15 is 0 Å². The molecule has 2 amide bonds. The first kappa shape index (κ1) is 34.3. The first-order valence-electron chi connectivity index (χ1n) is 16.6. The van der Waals surface area contributed by atoms with Crippen molar-refractivity contribution in [2.75, 3.05) is 37.7 Å². The number of aryl methyl sites for hydroxylation is 2. The Labute approximate surface area is 264 Å². The summed E-state index contributed by atoms with van der Waals surface area (Å²) in [5.41, 5.74) is 2.50. The van der Waals surface area contributed by atoms with Crippen molar-refractivity contribution in [3.05, 3.63) is 34.2 Å². The van der Waals surface area contributed by atoms with E-state index in [4.69, 9.17) is 9.73 Å². The number of hydrogen-bond acceptors (Lipinski definition) is 6. The van der Waals surface area contributed by atoms with Crippen LogP contribution in [0.25, 0.3) is 6.08 Å². The zero-order chi connectivity index (χ0) is 31.9. The van der Waals surface area contributed by atoms with Crippen LogP contribution in [0.4, 0.5) is 5.69 Å². The molecule has 1 aliphatic carbocycles. The summed E-state index contributed by atoms with van der Waals surface area (Å²) >= 11 is 0. The summed E-state index contributed by atoms with van der Waals surface area (Å²) < 4.78 is 33.8. The van der Waals surface area contributed by atoms with Crippen LogP contribution in [0.3, 0.4) is 0 Å². The summed E-state index contributed by atoms with van der Waals surface area (Å²) in [7, 11) is -3.69. The highest BCUT2D eigenvalue weighted by Crippen LogP contribution is 2.37. The number of sulfonamides is 1. The van der Waals surface area contributed by atoms with Crippen molar-refractivity contribution < 1.29 is 22.7 Å². The maximum absolute atomic E-state index is 13.4. The fraction of sp³-hybridized carbons (Fsp3) is 0.676. The highest BCUT2D eigenvalue weighted by molar-refractivity contribution is 7.92. The van der Waals surface area contributed by atoms with Gasteiger partial charge in [-0.15, -0.1) is 0 Å². The number of nitrogens with one attached hydrogen (secondary N) is 1. The lowest BCUT2D eigenvalue weighted by atomic mass is 9.79. The molecule has 2 heterocycles. The predicted octanol–water partition coefficient (Wildman–Crippen LogP) is 5.74. The van der Waals surface area contributed by atoms with E-state index in [1.165, 1.54) is 48.7 Å². The molecule has 0 aromatic heterocycles. The van der Waals surface area contributed by atoms with Gasteiger partial charge in [-0.25, -0.2) is 8.42 Å². The van der Waals surface area contributed by atoms with Crippen molar-refractivity contribution in [1.82, 2.24) is 9.62 Å². The van der Waals surface area contributed by atoms with Gasteiger partial charge in [0.05, 0.1) is 6.61 Å². The number of carbonyl (C=O) groups is 2. The fourth-order valence-corrected chi connectivity index (χ4v) is 8.06. The molecule has 0 radical (unpaired) electrons. The number of anilines is 1. The minimum absolute atomic E-state index is 0.0696. The van der Waals surface area contributed by atoms with Crippen LogP contribution < -0.4 is 10.2 Å². The molecule has 244 valence electrons. The van der Waals surface area contributed by atoms with Gasteiger partial charge in [0.1, 0.15) is 11.4 Å². The molecule has 2 aliphatic heterocycles. The molecule has 4 rings (SSSR count). The zero-order valence-corrected chi connectivity index (χ0v) is 28.2. The van der Waals surface area contributed by atoms with E-state index in [0.29, 0.717) is 38.5 Å². The highest BCUT2D eigenvalue weighted by Gasteiger charge is 2.48. The Bertz CT molecular complexity index is 1320. The number of amidine groups is 1. The number of hydrogen-bond donors (Lipinski definition) is 1. The van der Waals surface area contributed by atoms with E-state index in [1.807, 2.05) is 32.9 Å². The number of nitrogens with zero attached hydrogens (tertiary/aromatic N) is 3. The van der Waals surface area contributed by atoms with Crippen molar-refractivity contribution in [2.24, 2.45) is 16.8 Å². The lowest BCUT2D eigenvalue weighted by Gasteiger charge is -2.34. The fourth-order valence-electron chi connectivity index (χ4n) is 6.88. The molecule has 1 saturated heterocycles. The predicted molar refractivity (Wildman–Crippen MR) is 177 cm³/mol. The molecule has 10 heteroatoms. The molecule has 1 saturated carbocycles. The largest absolute Gasteiger partial charge is 0.380 e. The highest BCUT2D eigenvalue weighted by atomic mass is 32.2. The Morgan fingerprint density at radius 3 is 2.34 bits per heavy atom. The quantitative estimate of drug-likeness (QED) is 0.280. The Morgan fingerprint density at radius 1 is 1.09 bits per heavy atom. The molecular weight excluding hydrogens is 576 g/mol. The monoisotopic (exact) mass is 628 g/mol. The van der Waals surface area contributed by atoms with Gasteiger partial charge in [-0.2, -0.15) is 4.31 Å². The van der Waals surface area contributed by atoms with Gasteiger partial charge in [-0.1, -0.05) is 33.1 Å². The maximum Gasteiger partial charge on any atom is 0.253 e. The smallest absolute Gasteiger partial charge is 0.253 e. The van der Waals surface area contributed by atoms with E-state index in [0.717, 1.165) is 53.4 Å². The average Bonchev–Trinajstić information content (AvgIpc) is 3.30. The molecule has 0 unspecified atom stereocenters. The van der Waals surface area contributed by atoms with Gasteiger partial charge in [0.15, 0.2) is 0 Å². The topological polar surface area (TPSA) is 108 Å². The van der Waals surface area contributed by atoms with Gasteiger partial charge in [-0.3, -0.25) is 14.6 Å². The second kappa shape index (κ2) is 15.1. The number of rotatable bonds is 13. The molecule has 1 aromatic carbocycles. The molecule has 44 heavy (non-hydrogen) atoms. The average molecular weight is 629 g/mol. The third-order valence-electron chi connectivity index (χ3n) is 9.59. The van der Waals surface area contributed by atoms with Crippen molar-refractivity contribution in [1.29, 1.82) is 0 Å².